The van der Waals surface area contributed by atoms with E-state index in [1.54, 1.807) is 18.6 Å². The topological polar surface area (TPSA) is 100 Å². The van der Waals surface area contributed by atoms with Gasteiger partial charge in [0.2, 0.25) is 0 Å². The number of hydrogen-bond donors (Lipinski definition) is 4. The van der Waals surface area contributed by atoms with Crippen molar-refractivity contribution in [1.29, 1.82) is 0 Å². The Morgan fingerprint density at radius 1 is 1.59 bits per heavy atom. The van der Waals surface area contributed by atoms with Crippen LogP contribution < -0.4 is 16.6 Å². The van der Waals surface area contributed by atoms with Gasteiger partial charge in [0.25, 0.3) is 0 Å². The molecule has 0 radical (unpaired) electrons. The Hall–Kier alpha value is -1.86. The molecule has 0 aliphatic heterocycles. The minimum atomic E-state index is -0.402. The summed E-state index contributed by atoms with van der Waals surface area (Å²) in [5, 5.41) is 12.6. The molecule has 7 nitrogen and oxygen atoms in total. The fourth-order valence-electron chi connectivity index (χ4n) is 1.48. The second kappa shape index (κ2) is 4.98. The number of fused-ring (bicyclic) bond motifs is 1. The molecular weight excluding hydrogens is 220 g/mol. The first-order chi connectivity index (χ1) is 8.24. The smallest absolute Gasteiger partial charge is 0.180 e. The van der Waals surface area contributed by atoms with Crippen LogP contribution in [-0.4, -0.2) is 32.1 Å². The van der Waals surface area contributed by atoms with E-state index in [-0.39, 0.29) is 0 Å². The highest BCUT2D eigenvalue weighted by Gasteiger charge is 2.08. The van der Waals surface area contributed by atoms with Gasteiger partial charge in [-0.1, -0.05) is 6.92 Å². The van der Waals surface area contributed by atoms with E-state index in [2.05, 4.69) is 20.7 Å². The summed E-state index contributed by atoms with van der Waals surface area (Å²) in [6.07, 6.45) is 5.51. The van der Waals surface area contributed by atoms with Crippen LogP contribution in [0.15, 0.2) is 18.6 Å². The van der Waals surface area contributed by atoms with Gasteiger partial charge >= 0.3 is 0 Å². The number of aliphatic hydroxyl groups excluding tert-OH is 1. The van der Waals surface area contributed by atoms with E-state index in [0.717, 1.165) is 0 Å². The minimum absolute atomic E-state index is 0.402. The molecule has 7 heteroatoms. The van der Waals surface area contributed by atoms with Crippen LogP contribution in [0.1, 0.15) is 13.3 Å². The Morgan fingerprint density at radius 3 is 3.12 bits per heavy atom. The van der Waals surface area contributed by atoms with E-state index in [1.165, 1.54) is 0 Å². The molecular formula is C10H16N6O. The van der Waals surface area contributed by atoms with E-state index in [4.69, 9.17) is 5.84 Å². The van der Waals surface area contributed by atoms with Gasteiger partial charge in [0.15, 0.2) is 17.3 Å². The maximum Gasteiger partial charge on any atom is 0.180 e. The van der Waals surface area contributed by atoms with Crippen molar-refractivity contribution in [1.82, 2.24) is 14.4 Å². The molecule has 0 spiro atoms. The van der Waals surface area contributed by atoms with Gasteiger partial charge in [-0.2, -0.15) is 0 Å². The Kier molecular flexibility index (Phi) is 3.40. The molecule has 92 valence electrons. The highest BCUT2D eigenvalue weighted by atomic mass is 16.3. The number of imidazole rings is 1. The summed E-state index contributed by atoms with van der Waals surface area (Å²) in [6, 6.07) is 0. The first-order valence-electron chi connectivity index (χ1n) is 5.47. The second-order valence-corrected chi connectivity index (χ2v) is 3.72. The zero-order chi connectivity index (χ0) is 12.3. The summed E-state index contributed by atoms with van der Waals surface area (Å²) in [7, 11) is 0. The molecule has 0 amide bonds. The molecule has 0 bridgehead atoms. The van der Waals surface area contributed by atoms with Crippen molar-refractivity contribution in [2.45, 2.75) is 19.4 Å². The highest BCUT2D eigenvalue weighted by Crippen LogP contribution is 2.15. The number of nitrogen functional groups attached to an aromatic ring is 1. The number of nitrogens with zero attached hydrogens (tertiary/aromatic N) is 3. The van der Waals surface area contributed by atoms with Crippen molar-refractivity contribution in [2.24, 2.45) is 5.84 Å². The average Bonchev–Trinajstić information content (AvgIpc) is 2.83. The molecule has 2 heterocycles. The van der Waals surface area contributed by atoms with Gasteiger partial charge in [-0.25, -0.2) is 15.8 Å². The summed E-state index contributed by atoms with van der Waals surface area (Å²) < 4.78 is 1.81. The highest BCUT2D eigenvalue weighted by molar-refractivity contribution is 5.65. The second-order valence-electron chi connectivity index (χ2n) is 3.72. The van der Waals surface area contributed by atoms with Crippen LogP contribution in [0.3, 0.4) is 0 Å². The number of aromatic nitrogens is 3. The number of aliphatic hydroxyl groups is 1. The van der Waals surface area contributed by atoms with E-state index < -0.39 is 6.10 Å². The zero-order valence-electron chi connectivity index (χ0n) is 9.59. The van der Waals surface area contributed by atoms with E-state index in [9.17, 15) is 5.11 Å². The van der Waals surface area contributed by atoms with E-state index in [1.807, 2.05) is 11.3 Å². The van der Waals surface area contributed by atoms with Crippen LogP contribution in [0, 0.1) is 0 Å². The minimum Gasteiger partial charge on any atom is -0.391 e. The lowest BCUT2D eigenvalue weighted by molar-refractivity contribution is 0.183. The molecule has 0 saturated heterocycles. The van der Waals surface area contributed by atoms with E-state index in [0.29, 0.717) is 30.2 Å². The van der Waals surface area contributed by atoms with Gasteiger partial charge in [0.1, 0.15) is 0 Å². The normalized spacial score (nSPS) is 12.6. The summed E-state index contributed by atoms with van der Waals surface area (Å²) in [5.41, 5.74) is 3.19. The molecule has 2 rings (SSSR count). The molecule has 1 unspecified atom stereocenters. The Balaban J connectivity index is 2.27. The van der Waals surface area contributed by atoms with Crippen LogP contribution >= 0.6 is 0 Å². The lowest BCUT2D eigenvalue weighted by Gasteiger charge is -2.11. The third-order valence-corrected chi connectivity index (χ3v) is 2.50. The Bertz CT molecular complexity index is 497. The molecule has 0 aromatic carbocycles. The molecule has 2 aromatic rings. The van der Waals surface area contributed by atoms with Gasteiger partial charge in [-0.15, -0.1) is 0 Å². The van der Waals surface area contributed by atoms with Crippen molar-refractivity contribution in [2.75, 3.05) is 17.3 Å². The van der Waals surface area contributed by atoms with Gasteiger partial charge in [0.05, 0.1) is 12.3 Å². The fraction of sp³-hybridized carbons (Fsp3) is 0.400. The summed E-state index contributed by atoms with van der Waals surface area (Å²) >= 11 is 0. The van der Waals surface area contributed by atoms with Crippen LogP contribution in [0.2, 0.25) is 0 Å². The van der Waals surface area contributed by atoms with Gasteiger partial charge in [-0.3, -0.25) is 0 Å². The Labute approximate surface area is 98.7 Å². The van der Waals surface area contributed by atoms with Gasteiger partial charge in [0, 0.05) is 18.9 Å². The van der Waals surface area contributed by atoms with Crippen molar-refractivity contribution < 1.29 is 5.11 Å². The lowest BCUT2D eigenvalue weighted by Crippen LogP contribution is -2.20. The maximum absolute atomic E-state index is 9.51. The average molecular weight is 236 g/mol. The number of hydrogen-bond acceptors (Lipinski definition) is 6. The quantitative estimate of drug-likeness (QED) is 0.437. The van der Waals surface area contributed by atoms with Crippen LogP contribution in [-0.2, 0) is 0 Å². The van der Waals surface area contributed by atoms with Crippen molar-refractivity contribution in [3.8, 4) is 0 Å². The lowest BCUT2D eigenvalue weighted by atomic mass is 10.3. The molecule has 1 atom stereocenters. The van der Waals surface area contributed by atoms with Gasteiger partial charge < -0.3 is 20.2 Å². The molecule has 2 aromatic heterocycles. The monoisotopic (exact) mass is 236 g/mol. The van der Waals surface area contributed by atoms with Crippen molar-refractivity contribution in [3.63, 3.8) is 0 Å². The first-order valence-corrected chi connectivity index (χ1v) is 5.47. The van der Waals surface area contributed by atoms with Crippen LogP contribution in [0.25, 0.3) is 5.65 Å². The van der Waals surface area contributed by atoms with Gasteiger partial charge in [-0.05, 0) is 6.42 Å². The number of anilines is 2. The fourth-order valence-corrected chi connectivity index (χ4v) is 1.48. The van der Waals surface area contributed by atoms with Crippen molar-refractivity contribution >= 4 is 17.3 Å². The zero-order valence-corrected chi connectivity index (χ0v) is 9.59. The summed E-state index contributed by atoms with van der Waals surface area (Å²) in [6.45, 7) is 2.35. The maximum atomic E-state index is 9.51. The Morgan fingerprint density at radius 2 is 2.41 bits per heavy atom. The molecule has 0 aliphatic rings. The predicted molar refractivity (Wildman–Crippen MR) is 65.6 cm³/mol. The first kappa shape index (κ1) is 11.6. The number of rotatable bonds is 5. The molecule has 0 fully saturated rings. The predicted octanol–water partition coefficient (Wildman–Crippen LogP) is 0.198. The molecule has 0 saturated carbocycles. The number of nitrogens with two attached hydrogens (primary N) is 1. The summed E-state index contributed by atoms with van der Waals surface area (Å²) in [4.78, 5) is 8.44. The number of nitrogens with one attached hydrogen (secondary N) is 2. The molecule has 0 aliphatic carbocycles. The number of hydrazine groups is 1. The summed E-state index contributed by atoms with van der Waals surface area (Å²) in [5.74, 6) is 6.46. The van der Waals surface area contributed by atoms with Crippen LogP contribution in [0.4, 0.5) is 11.6 Å². The third kappa shape index (κ3) is 2.45. The molecule has 5 N–H and O–H groups in total. The van der Waals surface area contributed by atoms with Crippen LogP contribution in [0.5, 0.6) is 0 Å². The molecule has 17 heavy (non-hydrogen) atoms. The largest absolute Gasteiger partial charge is 0.391 e. The third-order valence-electron chi connectivity index (χ3n) is 2.50. The SMILES string of the molecule is CCC(O)CNc1nc(NN)cn2ccnc12. The van der Waals surface area contributed by atoms with Crippen molar-refractivity contribution in [3.05, 3.63) is 18.6 Å². The standard InChI is InChI=1S/C10H16N6O/c1-2-7(17)5-13-9-10-12-3-4-16(10)6-8(14-9)15-11/h3-4,6-7,15,17H,2,5,11H2,1H3,(H,13,14). The van der Waals surface area contributed by atoms with E-state index >= 15 is 0 Å².